The monoisotopic (exact) mass is 265 g/mol. The maximum atomic E-state index is 12.0. The van der Waals surface area contributed by atoms with Crippen LogP contribution in [0.25, 0.3) is 17.0 Å². The Hall–Kier alpha value is -2.36. The van der Waals surface area contributed by atoms with Crippen molar-refractivity contribution in [1.29, 1.82) is 0 Å². The fraction of sp³-hybridized carbons (Fsp3) is 0.250. The number of nitrogens with one attached hydrogen (secondary N) is 2. The maximum absolute atomic E-state index is 12.0. The minimum absolute atomic E-state index is 0.0859. The minimum Gasteiger partial charge on any atom is -0.361 e. The zero-order valence-corrected chi connectivity index (χ0v) is 11.0. The number of hydrogen-bond acceptors (Lipinski definition) is 2. The molecule has 4 heteroatoms. The standard InChI is InChI=1S/C16H15N3O/c20-16-13(15(18-19-16)10-4-3-5-10)8-11-9-17-14-7-2-1-6-12(11)14/h1-2,6-10,17H,3-5H2,(H,19,20)/b13-8-. The topological polar surface area (TPSA) is 57.2 Å². The lowest BCUT2D eigenvalue weighted by Gasteiger charge is -2.24. The van der Waals surface area contributed by atoms with E-state index < -0.39 is 0 Å². The molecule has 1 aliphatic carbocycles. The molecule has 4 rings (SSSR count). The van der Waals surface area contributed by atoms with Crippen LogP contribution in [0.4, 0.5) is 0 Å². The highest BCUT2D eigenvalue weighted by molar-refractivity contribution is 6.28. The number of H-pyrrole nitrogens is 1. The number of aromatic amines is 1. The summed E-state index contributed by atoms with van der Waals surface area (Å²) in [6, 6.07) is 8.10. The van der Waals surface area contributed by atoms with Gasteiger partial charge >= 0.3 is 0 Å². The van der Waals surface area contributed by atoms with Crippen LogP contribution in [-0.4, -0.2) is 16.6 Å². The molecule has 0 radical (unpaired) electrons. The van der Waals surface area contributed by atoms with E-state index in [-0.39, 0.29) is 5.91 Å². The van der Waals surface area contributed by atoms with E-state index in [0.29, 0.717) is 5.92 Å². The fourth-order valence-corrected chi connectivity index (χ4v) is 2.85. The molecule has 0 bridgehead atoms. The van der Waals surface area contributed by atoms with Crippen molar-refractivity contribution in [2.75, 3.05) is 0 Å². The van der Waals surface area contributed by atoms with Gasteiger partial charge in [0.2, 0.25) is 0 Å². The second-order valence-electron chi connectivity index (χ2n) is 5.41. The van der Waals surface area contributed by atoms with Crippen molar-refractivity contribution in [1.82, 2.24) is 10.4 Å². The highest BCUT2D eigenvalue weighted by Crippen LogP contribution is 2.33. The molecular weight excluding hydrogens is 250 g/mol. The Labute approximate surface area is 116 Å². The van der Waals surface area contributed by atoms with Crippen molar-refractivity contribution >= 4 is 28.6 Å². The molecule has 2 N–H and O–H groups in total. The summed E-state index contributed by atoms with van der Waals surface area (Å²) in [5, 5.41) is 5.35. The van der Waals surface area contributed by atoms with Crippen molar-refractivity contribution in [2.24, 2.45) is 11.0 Å². The number of carbonyl (C=O) groups excluding carboxylic acids is 1. The molecule has 1 aromatic carbocycles. The molecule has 0 atom stereocenters. The first kappa shape index (κ1) is 11.5. The van der Waals surface area contributed by atoms with Gasteiger partial charge in [-0.15, -0.1) is 0 Å². The van der Waals surface area contributed by atoms with E-state index >= 15 is 0 Å². The Morgan fingerprint density at radius 1 is 1.25 bits per heavy atom. The van der Waals surface area contributed by atoms with Crippen LogP contribution in [0.2, 0.25) is 0 Å². The number of para-hydroxylation sites is 1. The quantitative estimate of drug-likeness (QED) is 0.806. The van der Waals surface area contributed by atoms with Gasteiger partial charge in [-0.05, 0) is 25.0 Å². The maximum Gasteiger partial charge on any atom is 0.273 e. The molecule has 1 fully saturated rings. The SMILES string of the molecule is O=C1NN=C(C2CCC2)/C1=C/c1c[nH]c2ccccc12. The van der Waals surface area contributed by atoms with Gasteiger partial charge in [-0.25, -0.2) is 5.43 Å². The number of amides is 1. The highest BCUT2D eigenvalue weighted by Gasteiger charge is 2.32. The third-order valence-electron chi connectivity index (χ3n) is 4.21. The predicted octanol–water partition coefficient (Wildman–Crippen LogP) is 2.84. The van der Waals surface area contributed by atoms with E-state index in [1.165, 1.54) is 6.42 Å². The molecule has 4 nitrogen and oxygen atoms in total. The highest BCUT2D eigenvalue weighted by atomic mass is 16.2. The molecule has 100 valence electrons. The van der Waals surface area contributed by atoms with E-state index in [9.17, 15) is 4.79 Å². The van der Waals surface area contributed by atoms with Gasteiger partial charge in [0, 0.05) is 28.6 Å². The number of carbonyl (C=O) groups is 1. The van der Waals surface area contributed by atoms with Crippen molar-refractivity contribution in [3.05, 3.63) is 41.6 Å². The Bertz CT molecular complexity index is 750. The van der Waals surface area contributed by atoms with Crippen LogP contribution < -0.4 is 5.43 Å². The van der Waals surface area contributed by atoms with Gasteiger partial charge < -0.3 is 4.98 Å². The molecule has 2 aromatic rings. The van der Waals surface area contributed by atoms with Crippen LogP contribution in [0.3, 0.4) is 0 Å². The number of nitrogens with zero attached hydrogens (tertiary/aromatic N) is 1. The number of hydrogen-bond donors (Lipinski definition) is 2. The van der Waals surface area contributed by atoms with Crippen LogP contribution in [-0.2, 0) is 4.79 Å². The summed E-state index contributed by atoms with van der Waals surface area (Å²) in [6.45, 7) is 0. The molecule has 1 amide bonds. The molecule has 1 aliphatic heterocycles. The first-order valence-electron chi connectivity index (χ1n) is 6.99. The van der Waals surface area contributed by atoms with Crippen molar-refractivity contribution < 1.29 is 4.79 Å². The third-order valence-corrected chi connectivity index (χ3v) is 4.21. The van der Waals surface area contributed by atoms with Gasteiger partial charge in [-0.1, -0.05) is 24.6 Å². The van der Waals surface area contributed by atoms with Crippen molar-refractivity contribution in [3.8, 4) is 0 Å². The summed E-state index contributed by atoms with van der Waals surface area (Å²) in [7, 11) is 0. The van der Waals surface area contributed by atoms with Crippen LogP contribution in [0.15, 0.2) is 41.1 Å². The van der Waals surface area contributed by atoms with Crippen molar-refractivity contribution in [2.45, 2.75) is 19.3 Å². The van der Waals surface area contributed by atoms with Gasteiger partial charge in [0.25, 0.3) is 5.91 Å². The van der Waals surface area contributed by atoms with Gasteiger partial charge in [0.15, 0.2) is 0 Å². The van der Waals surface area contributed by atoms with Gasteiger partial charge in [-0.3, -0.25) is 4.79 Å². The molecular formula is C16H15N3O. The second-order valence-corrected chi connectivity index (χ2v) is 5.41. The number of hydrazone groups is 1. The lowest BCUT2D eigenvalue weighted by molar-refractivity contribution is -0.116. The summed E-state index contributed by atoms with van der Waals surface area (Å²) < 4.78 is 0. The molecule has 20 heavy (non-hydrogen) atoms. The molecule has 0 saturated heterocycles. The zero-order chi connectivity index (χ0) is 13.5. The average Bonchev–Trinajstić information content (AvgIpc) is 2.96. The molecule has 2 aliphatic rings. The summed E-state index contributed by atoms with van der Waals surface area (Å²) in [5.41, 5.74) is 6.38. The first-order valence-corrected chi connectivity index (χ1v) is 6.99. The van der Waals surface area contributed by atoms with E-state index in [1.54, 1.807) is 0 Å². The number of benzene rings is 1. The Morgan fingerprint density at radius 2 is 2.10 bits per heavy atom. The number of fused-ring (bicyclic) bond motifs is 1. The van der Waals surface area contributed by atoms with Crippen LogP contribution >= 0.6 is 0 Å². The molecule has 2 heterocycles. The van der Waals surface area contributed by atoms with E-state index in [4.69, 9.17) is 0 Å². The molecule has 0 spiro atoms. The number of rotatable bonds is 2. The summed E-state index contributed by atoms with van der Waals surface area (Å²) in [6.07, 6.45) is 7.41. The zero-order valence-electron chi connectivity index (χ0n) is 11.0. The van der Waals surface area contributed by atoms with Gasteiger partial charge in [0.1, 0.15) is 0 Å². The Balaban J connectivity index is 1.78. The average molecular weight is 265 g/mol. The lowest BCUT2D eigenvalue weighted by atomic mass is 9.79. The Morgan fingerprint density at radius 3 is 2.90 bits per heavy atom. The van der Waals surface area contributed by atoms with Crippen LogP contribution in [0.1, 0.15) is 24.8 Å². The molecule has 1 saturated carbocycles. The first-order chi connectivity index (χ1) is 9.83. The third kappa shape index (κ3) is 1.68. The largest absolute Gasteiger partial charge is 0.361 e. The lowest BCUT2D eigenvalue weighted by Crippen LogP contribution is -2.23. The van der Waals surface area contributed by atoms with Gasteiger partial charge in [0.05, 0.1) is 11.3 Å². The van der Waals surface area contributed by atoms with Crippen LogP contribution in [0, 0.1) is 5.92 Å². The molecule has 1 aromatic heterocycles. The smallest absolute Gasteiger partial charge is 0.273 e. The predicted molar refractivity (Wildman–Crippen MR) is 79.2 cm³/mol. The van der Waals surface area contributed by atoms with E-state index in [0.717, 1.165) is 40.6 Å². The summed E-state index contributed by atoms with van der Waals surface area (Å²) in [5.74, 6) is 0.364. The van der Waals surface area contributed by atoms with Gasteiger partial charge in [-0.2, -0.15) is 5.10 Å². The van der Waals surface area contributed by atoms with E-state index in [1.807, 2.05) is 30.5 Å². The fourth-order valence-electron chi connectivity index (χ4n) is 2.85. The summed E-state index contributed by atoms with van der Waals surface area (Å²) >= 11 is 0. The summed E-state index contributed by atoms with van der Waals surface area (Å²) in [4.78, 5) is 15.2. The second kappa shape index (κ2) is 4.34. The van der Waals surface area contributed by atoms with E-state index in [2.05, 4.69) is 21.6 Å². The van der Waals surface area contributed by atoms with Crippen molar-refractivity contribution in [3.63, 3.8) is 0 Å². The minimum atomic E-state index is -0.0859. The normalized spacial score (nSPS) is 21.1. The van der Waals surface area contributed by atoms with Crippen LogP contribution in [0.5, 0.6) is 0 Å². The number of aromatic nitrogens is 1. The Kier molecular flexibility index (Phi) is 2.49. The molecule has 0 unspecified atom stereocenters.